The first-order chi connectivity index (χ1) is 15.2. The second-order valence-corrected chi connectivity index (χ2v) is 9.30. The highest BCUT2D eigenvalue weighted by Gasteiger charge is 2.16. The Labute approximate surface area is 200 Å². The van der Waals surface area contributed by atoms with Gasteiger partial charge < -0.3 is 19.3 Å². The Morgan fingerprint density at radius 1 is 0.938 bits per heavy atom. The van der Waals surface area contributed by atoms with Crippen molar-refractivity contribution in [3.8, 4) is 23.0 Å². The molecule has 6 heteroatoms. The number of carbonyl (C=O) groups is 1. The predicted octanol–water partition coefficient (Wildman–Crippen LogP) is 6.65. The maximum Gasteiger partial charge on any atom is 0.203 e. The second kappa shape index (κ2) is 12.7. The van der Waals surface area contributed by atoms with Gasteiger partial charge >= 0.3 is 0 Å². The molecule has 2 rings (SSSR count). The molecule has 0 aliphatic rings. The van der Waals surface area contributed by atoms with Crippen LogP contribution in [0.1, 0.15) is 64.5 Å². The Morgan fingerprint density at radius 2 is 1.66 bits per heavy atom. The molecule has 176 valence electrons. The van der Waals surface area contributed by atoms with Gasteiger partial charge in [-0.3, -0.25) is 4.79 Å². The van der Waals surface area contributed by atoms with Crippen molar-refractivity contribution < 1.29 is 24.1 Å². The molecule has 0 bridgehead atoms. The first-order valence-corrected chi connectivity index (χ1v) is 12.0. The van der Waals surface area contributed by atoms with Gasteiger partial charge in [-0.15, -0.1) is 0 Å². The lowest BCUT2D eigenvalue weighted by molar-refractivity contribution is -0.119. The van der Waals surface area contributed by atoms with E-state index in [2.05, 4.69) is 15.9 Å². The van der Waals surface area contributed by atoms with Gasteiger partial charge in [-0.1, -0.05) is 12.1 Å². The van der Waals surface area contributed by atoms with Gasteiger partial charge in [-0.2, -0.15) is 0 Å². The van der Waals surface area contributed by atoms with E-state index in [0.29, 0.717) is 24.3 Å². The quantitative estimate of drug-likeness (QED) is 0.308. The molecular formula is C26H35BrO5. The Morgan fingerprint density at radius 3 is 2.28 bits per heavy atom. The van der Waals surface area contributed by atoms with Crippen molar-refractivity contribution in [2.75, 3.05) is 7.11 Å². The number of hydrogen-bond donors (Lipinski definition) is 1. The standard InChI is InChI=1S/C26H35BrO5/c1-17(2)31-24-15-11-19(16-22(24)27)10-13-21(28)9-7-6-8-20-12-14-23(29)26(30-5)25(20)32-18(3)4/h11-12,14-18,29H,6-10,13H2,1-5H3. The average Bonchev–Trinajstić information content (AvgIpc) is 2.72. The number of phenols is 1. The van der Waals surface area contributed by atoms with Crippen LogP contribution in [0.5, 0.6) is 23.0 Å². The molecular weight excluding hydrogens is 472 g/mol. The van der Waals surface area contributed by atoms with Crippen LogP contribution in [0.15, 0.2) is 34.8 Å². The van der Waals surface area contributed by atoms with Crippen LogP contribution in [0.2, 0.25) is 0 Å². The van der Waals surface area contributed by atoms with E-state index in [1.165, 1.54) is 7.11 Å². The molecule has 0 amide bonds. The second-order valence-electron chi connectivity index (χ2n) is 8.45. The van der Waals surface area contributed by atoms with Crippen LogP contribution in [0.4, 0.5) is 0 Å². The van der Waals surface area contributed by atoms with Crippen molar-refractivity contribution >= 4 is 21.7 Å². The first kappa shape index (κ1) is 26.0. The number of rotatable bonds is 13. The lowest BCUT2D eigenvalue weighted by Gasteiger charge is -2.18. The summed E-state index contributed by atoms with van der Waals surface area (Å²) in [4.78, 5) is 12.4. The highest BCUT2D eigenvalue weighted by Crippen LogP contribution is 2.40. The summed E-state index contributed by atoms with van der Waals surface area (Å²) in [6, 6.07) is 9.49. The summed E-state index contributed by atoms with van der Waals surface area (Å²) in [5.74, 6) is 2.11. The highest BCUT2D eigenvalue weighted by molar-refractivity contribution is 9.10. The summed E-state index contributed by atoms with van der Waals surface area (Å²) in [6.07, 6.45) is 4.34. The maximum absolute atomic E-state index is 12.4. The van der Waals surface area contributed by atoms with Crippen LogP contribution in [0.25, 0.3) is 0 Å². The summed E-state index contributed by atoms with van der Waals surface area (Å²) >= 11 is 3.55. The number of halogens is 1. The van der Waals surface area contributed by atoms with E-state index >= 15 is 0 Å². The molecule has 1 N–H and O–H groups in total. The van der Waals surface area contributed by atoms with E-state index < -0.39 is 0 Å². The number of Topliss-reactive ketones (excluding diaryl/α,β-unsaturated/α-hetero) is 1. The number of carbonyl (C=O) groups excluding carboxylic acids is 1. The molecule has 32 heavy (non-hydrogen) atoms. The molecule has 0 heterocycles. The summed E-state index contributed by atoms with van der Waals surface area (Å²) < 4.78 is 17.9. The monoisotopic (exact) mass is 506 g/mol. The van der Waals surface area contributed by atoms with E-state index in [0.717, 1.165) is 47.0 Å². The predicted molar refractivity (Wildman–Crippen MR) is 131 cm³/mol. The van der Waals surface area contributed by atoms with Gasteiger partial charge in [0.2, 0.25) is 5.75 Å². The van der Waals surface area contributed by atoms with Crippen molar-refractivity contribution in [3.05, 3.63) is 45.9 Å². The van der Waals surface area contributed by atoms with Crippen molar-refractivity contribution in [2.45, 2.75) is 78.4 Å². The molecule has 0 aliphatic heterocycles. The van der Waals surface area contributed by atoms with Gasteiger partial charge in [-0.25, -0.2) is 0 Å². The number of aryl methyl sites for hydroxylation is 2. The summed E-state index contributed by atoms with van der Waals surface area (Å²) in [5, 5.41) is 10.0. The minimum atomic E-state index is -0.0305. The Balaban J connectivity index is 1.82. The SMILES string of the molecule is COc1c(O)ccc(CCCCC(=O)CCc2ccc(OC(C)C)c(Br)c2)c1OC(C)C. The van der Waals surface area contributed by atoms with Crippen LogP contribution in [-0.4, -0.2) is 30.2 Å². The molecule has 0 aromatic heterocycles. The number of aromatic hydroxyl groups is 1. The van der Waals surface area contributed by atoms with Gasteiger partial charge in [0, 0.05) is 12.8 Å². The third kappa shape index (κ3) is 8.05. The number of unbranched alkanes of at least 4 members (excludes halogenated alkanes) is 1. The first-order valence-electron chi connectivity index (χ1n) is 11.2. The Hall–Kier alpha value is -2.21. The number of phenolic OH excluding ortho intramolecular Hbond substituents is 1. The normalized spacial score (nSPS) is 11.1. The van der Waals surface area contributed by atoms with Crippen molar-refractivity contribution in [2.24, 2.45) is 0 Å². The van der Waals surface area contributed by atoms with Gasteiger partial charge in [-0.05, 0) is 98.6 Å². The van der Waals surface area contributed by atoms with E-state index in [-0.39, 0.29) is 23.7 Å². The van der Waals surface area contributed by atoms with Crippen LogP contribution >= 0.6 is 15.9 Å². The van der Waals surface area contributed by atoms with Gasteiger partial charge in [0.05, 0.1) is 23.8 Å². The molecule has 0 atom stereocenters. The fourth-order valence-corrected chi connectivity index (χ4v) is 3.97. The van der Waals surface area contributed by atoms with E-state index in [4.69, 9.17) is 14.2 Å². The summed E-state index contributed by atoms with van der Waals surface area (Å²) in [5.41, 5.74) is 2.10. The molecule has 0 saturated carbocycles. The average molecular weight is 507 g/mol. The number of benzene rings is 2. The summed E-state index contributed by atoms with van der Waals surface area (Å²) in [7, 11) is 1.52. The number of hydrogen-bond acceptors (Lipinski definition) is 5. The highest BCUT2D eigenvalue weighted by atomic mass is 79.9. The topological polar surface area (TPSA) is 65.0 Å². The van der Waals surface area contributed by atoms with E-state index in [9.17, 15) is 9.90 Å². The molecule has 0 aliphatic carbocycles. The van der Waals surface area contributed by atoms with Gasteiger partial charge in [0.15, 0.2) is 11.5 Å². The van der Waals surface area contributed by atoms with E-state index in [1.807, 2.05) is 52.0 Å². The minimum Gasteiger partial charge on any atom is -0.504 e. The van der Waals surface area contributed by atoms with Crippen molar-refractivity contribution in [1.82, 2.24) is 0 Å². The minimum absolute atomic E-state index is 0.0305. The Bertz CT molecular complexity index is 892. The molecule has 0 fully saturated rings. The van der Waals surface area contributed by atoms with Crippen LogP contribution in [-0.2, 0) is 17.6 Å². The van der Waals surface area contributed by atoms with E-state index in [1.54, 1.807) is 6.07 Å². The molecule has 2 aromatic rings. The number of methoxy groups -OCH3 is 1. The van der Waals surface area contributed by atoms with Crippen LogP contribution in [0, 0.1) is 0 Å². The van der Waals surface area contributed by atoms with Crippen LogP contribution < -0.4 is 14.2 Å². The third-order valence-electron chi connectivity index (χ3n) is 4.93. The van der Waals surface area contributed by atoms with Crippen LogP contribution in [0.3, 0.4) is 0 Å². The lowest BCUT2D eigenvalue weighted by atomic mass is 10.0. The number of ketones is 1. The van der Waals surface area contributed by atoms with Gasteiger partial charge in [0.1, 0.15) is 11.5 Å². The third-order valence-corrected chi connectivity index (χ3v) is 5.55. The molecule has 0 unspecified atom stereocenters. The molecule has 0 spiro atoms. The van der Waals surface area contributed by atoms with Gasteiger partial charge in [0.25, 0.3) is 0 Å². The molecule has 5 nitrogen and oxygen atoms in total. The lowest BCUT2D eigenvalue weighted by Crippen LogP contribution is -2.09. The maximum atomic E-state index is 12.4. The fraction of sp³-hybridized carbons (Fsp3) is 0.500. The zero-order valence-corrected chi connectivity index (χ0v) is 21.3. The van der Waals surface area contributed by atoms with Crippen molar-refractivity contribution in [1.29, 1.82) is 0 Å². The molecule has 0 radical (unpaired) electrons. The number of ether oxygens (including phenoxy) is 3. The Kier molecular flexibility index (Phi) is 10.4. The largest absolute Gasteiger partial charge is 0.504 e. The zero-order chi connectivity index (χ0) is 23.7. The zero-order valence-electron chi connectivity index (χ0n) is 19.7. The fourth-order valence-electron chi connectivity index (χ4n) is 3.45. The smallest absolute Gasteiger partial charge is 0.203 e. The summed E-state index contributed by atoms with van der Waals surface area (Å²) in [6.45, 7) is 7.87. The van der Waals surface area contributed by atoms with Crippen molar-refractivity contribution in [3.63, 3.8) is 0 Å². The molecule has 0 saturated heterocycles. The molecule has 2 aromatic carbocycles.